The van der Waals surface area contributed by atoms with Crippen LogP contribution in [-0.2, 0) is 0 Å². The molecule has 0 saturated heterocycles. The van der Waals surface area contributed by atoms with Crippen LogP contribution in [0.2, 0.25) is 5.02 Å². The van der Waals surface area contributed by atoms with E-state index in [1.807, 2.05) is 25.1 Å². The van der Waals surface area contributed by atoms with E-state index in [4.69, 9.17) is 16.3 Å². The number of rotatable bonds is 8. The largest absolute Gasteiger partial charge is 0.494 e. The van der Waals surface area contributed by atoms with Gasteiger partial charge in [0.2, 0.25) is 0 Å². The number of nitrogens with one attached hydrogen (secondary N) is 1. The minimum absolute atomic E-state index is 0.0337. The van der Waals surface area contributed by atoms with E-state index in [1.54, 1.807) is 54.6 Å². The Labute approximate surface area is 179 Å². The average molecular weight is 426 g/mol. The van der Waals surface area contributed by atoms with Crippen molar-refractivity contribution in [3.63, 3.8) is 0 Å². The first-order valence-corrected chi connectivity index (χ1v) is 10.5. The van der Waals surface area contributed by atoms with Gasteiger partial charge in [0.1, 0.15) is 5.75 Å². The molecule has 6 heteroatoms. The van der Waals surface area contributed by atoms with Gasteiger partial charge in [0.25, 0.3) is 5.91 Å². The highest BCUT2D eigenvalue weighted by atomic mass is 35.5. The molecule has 3 aromatic rings. The number of anilines is 1. The van der Waals surface area contributed by atoms with Crippen molar-refractivity contribution in [2.45, 2.75) is 11.8 Å². The first-order valence-electron chi connectivity index (χ1n) is 9.11. The number of halogens is 1. The highest BCUT2D eigenvalue weighted by Gasteiger charge is 2.09. The van der Waals surface area contributed by atoms with Gasteiger partial charge in [0.05, 0.1) is 12.4 Å². The second-order valence-electron chi connectivity index (χ2n) is 6.16. The predicted octanol–water partition coefficient (Wildman–Crippen LogP) is 5.97. The Morgan fingerprint density at radius 2 is 1.72 bits per heavy atom. The smallest absolute Gasteiger partial charge is 0.255 e. The summed E-state index contributed by atoms with van der Waals surface area (Å²) in [5, 5.41) is 3.36. The Balaban J connectivity index is 1.59. The van der Waals surface area contributed by atoms with Crippen molar-refractivity contribution >= 4 is 40.7 Å². The molecule has 0 aromatic heterocycles. The highest BCUT2D eigenvalue weighted by Crippen LogP contribution is 2.24. The topological polar surface area (TPSA) is 55.4 Å². The summed E-state index contributed by atoms with van der Waals surface area (Å²) in [5.41, 5.74) is 1.79. The maximum atomic E-state index is 12.4. The van der Waals surface area contributed by atoms with Crippen LogP contribution in [0.5, 0.6) is 5.75 Å². The summed E-state index contributed by atoms with van der Waals surface area (Å²) in [6.45, 7) is 2.51. The summed E-state index contributed by atoms with van der Waals surface area (Å²) in [4.78, 5) is 25.7. The van der Waals surface area contributed by atoms with E-state index in [0.717, 1.165) is 10.6 Å². The van der Waals surface area contributed by atoms with E-state index < -0.39 is 0 Å². The van der Waals surface area contributed by atoms with Gasteiger partial charge in [-0.25, -0.2) is 0 Å². The lowest BCUT2D eigenvalue weighted by Gasteiger charge is -2.08. The molecule has 0 aliphatic heterocycles. The van der Waals surface area contributed by atoms with Crippen LogP contribution >= 0.6 is 23.4 Å². The van der Waals surface area contributed by atoms with Gasteiger partial charge < -0.3 is 10.1 Å². The molecule has 0 radical (unpaired) electrons. The van der Waals surface area contributed by atoms with Crippen LogP contribution in [0.3, 0.4) is 0 Å². The van der Waals surface area contributed by atoms with E-state index in [0.29, 0.717) is 34.2 Å². The number of thioether (sulfide) groups is 1. The van der Waals surface area contributed by atoms with E-state index in [1.165, 1.54) is 11.8 Å². The van der Waals surface area contributed by atoms with Crippen molar-refractivity contribution in [2.75, 3.05) is 17.7 Å². The van der Waals surface area contributed by atoms with E-state index in [-0.39, 0.29) is 11.7 Å². The van der Waals surface area contributed by atoms with Gasteiger partial charge in [-0.05, 0) is 67.6 Å². The third-order valence-electron chi connectivity index (χ3n) is 4.04. The van der Waals surface area contributed by atoms with Gasteiger partial charge in [-0.2, -0.15) is 0 Å². The fraction of sp³-hybridized carbons (Fsp3) is 0.130. The molecule has 3 rings (SSSR count). The molecule has 4 nitrogen and oxygen atoms in total. The zero-order chi connectivity index (χ0) is 20.6. The van der Waals surface area contributed by atoms with Crippen LogP contribution in [0, 0.1) is 0 Å². The van der Waals surface area contributed by atoms with E-state index in [2.05, 4.69) is 5.32 Å². The zero-order valence-electron chi connectivity index (χ0n) is 15.9. The minimum Gasteiger partial charge on any atom is -0.494 e. The van der Waals surface area contributed by atoms with Crippen LogP contribution in [0.4, 0.5) is 5.69 Å². The molecule has 0 unspecified atom stereocenters. The standard InChI is InChI=1S/C23H20ClNO3S/c1-2-28-20-11-9-16(10-12-20)22(26)15-29-21-8-4-7-19(14-21)25-23(27)17-5-3-6-18(24)13-17/h3-14H,2,15H2,1H3,(H,25,27). The summed E-state index contributed by atoms with van der Waals surface area (Å²) in [5.74, 6) is 0.853. The van der Waals surface area contributed by atoms with Crippen molar-refractivity contribution in [3.05, 3.63) is 88.9 Å². The quantitative estimate of drug-likeness (QED) is 0.357. The lowest BCUT2D eigenvalue weighted by atomic mass is 10.1. The third kappa shape index (κ3) is 6.11. The second kappa shape index (κ2) is 10.1. The number of hydrogen-bond donors (Lipinski definition) is 1. The molecule has 0 heterocycles. The Kier molecular flexibility index (Phi) is 7.33. The molecule has 1 N–H and O–H groups in total. The summed E-state index contributed by atoms with van der Waals surface area (Å²) in [6, 6.07) is 21.3. The fourth-order valence-electron chi connectivity index (χ4n) is 2.63. The molecule has 0 aliphatic rings. The van der Waals surface area contributed by atoms with Crippen LogP contribution in [0.15, 0.2) is 77.7 Å². The van der Waals surface area contributed by atoms with Crippen LogP contribution in [0.1, 0.15) is 27.6 Å². The molecule has 0 saturated carbocycles. The summed E-state index contributed by atoms with van der Waals surface area (Å²) in [6.07, 6.45) is 0. The van der Waals surface area contributed by atoms with Gasteiger partial charge in [-0.15, -0.1) is 11.8 Å². The molecule has 148 valence electrons. The lowest BCUT2D eigenvalue weighted by molar-refractivity contribution is 0.101. The van der Waals surface area contributed by atoms with Gasteiger partial charge in [0.15, 0.2) is 5.78 Å². The van der Waals surface area contributed by atoms with E-state index >= 15 is 0 Å². The maximum Gasteiger partial charge on any atom is 0.255 e. The number of carbonyl (C=O) groups excluding carboxylic acids is 2. The van der Waals surface area contributed by atoms with Crippen molar-refractivity contribution in [2.24, 2.45) is 0 Å². The van der Waals surface area contributed by atoms with Crippen LogP contribution in [0.25, 0.3) is 0 Å². The molecular weight excluding hydrogens is 406 g/mol. The van der Waals surface area contributed by atoms with Crippen molar-refractivity contribution in [3.8, 4) is 5.75 Å². The molecule has 0 fully saturated rings. The monoisotopic (exact) mass is 425 g/mol. The summed E-state index contributed by atoms with van der Waals surface area (Å²) in [7, 11) is 0. The summed E-state index contributed by atoms with van der Waals surface area (Å²) >= 11 is 7.36. The van der Waals surface area contributed by atoms with Crippen molar-refractivity contribution < 1.29 is 14.3 Å². The Bertz CT molecular complexity index is 1010. The molecular formula is C23H20ClNO3S. The number of Topliss-reactive ketones (excluding diaryl/α,β-unsaturated/α-hetero) is 1. The molecule has 3 aromatic carbocycles. The fourth-order valence-corrected chi connectivity index (χ4v) is 3.67. The number of benzene rings is 3. The molecule has 0 aliphatic carbocycles. The average Bonchev–Trinajstić information content (AvgIpc) is 2.73. The molecule has 0 atom stereocenters. The van der Waals surface area contributed by atoms with Gasteiger partial charge in [-0.3, -0.25) is 9.59 Å². The first kappa shape index (κ1) is 21.0. The Morgan fingerprint density at radius 3 is 2.45 bits per heavy atom. The van der Waals surface area contributed by atoms with Crippen molar-refractivity contribution in [1.82, 2.24) is 0 Å². The first-order chi connectivity index (χ1) is 14.0. The Morgan fingerprint density at radius 1 is 0.966 bits per heavy atom. The maximum absolute atomic E-state index is 12.4. The second-order valence-corrected chi connectivity index (χ2v) is 7.65. The normalized spacial score (nSPS) is 10.4. The van der Waals surface area contributed by atoms with Gasteiger partial charge in [0, 0.05) is 26.7 Å². The predicted molar refractivity (Wildman–Crippen MR) is 119 cm³/mol. The zero-order valence-corrected chi connectivity index (χ0v) is 17.4. The molecule has 0 spiro atoms. The van der Waals surface area contributed by atoms with Crippen LogP contribution in [-0.4, -0.2) is 24.1 Å². The number of ether oxygens (including phenoxy) is 1. The Hall–Kier alpha value is -2.76. The number of amides is 1. The molecule has 0 bridgehead atoms. The number of ketones is 1. The van der Waals surface area contributed by atoms with Gasteiger partial charge >= 0.3 is 0 Å². The SMILES string of the molecule is CCOc1ccc(C(=O)CSc2cccc(NC(=O)c3cccc(Cl)c3)c2)cc1. The molecule has 29 heavy (non-hydrogen) atoms. The third-order valence-corrected chi connectivity index (χ3v) is 5.26. The molecule has 1 amide bonds. The van der Waals surface area contributed by atoms with Crippen molar-refractivity contribution in [1.29, 1.82) is 0 Å². The van der Waals surface area contributed by atoms with Gasteiger partial charge in [-0.1, -0.05) is 23.7 Å². The van der Waals surface area contributed by atoms with Crippen LogP contribution < -0.4 is 10.1 Å². The summed E-state index contributed by atoms with van der Waals surface area (Å²) < 4.78 is 5.39. The minimum atomic E-state index is -0.236. The number of carbonyl (C=O) groups is 2. The van der Waals surface area contributed by atoms with E-state index in [9.17, 15) is 9.59 Å². The number of hydrogen-bond acceptors (Lipinski definition) is 4. The lowest BCUT2D eigenvalue weighted by Crippen LogP contribution is -2.11. The highest BCUT2D eigenvalue weighted by molar-refractivity contribution is 8.00.